The van der Waals surface area contributed by atoms with Crippen molar-refractivity contribution in [1.29, 1.82) is 0 Å². The molecule has 0 aliphatic carbocycles. The first-order valence-electron chi connectivity index (χ1n) is 10.2. The summed E-state index contributed by atoms with van der Waals surface area (Å²) in [4.78, 5) is 26.9. The first-order chi connectivity index (χ1) is 12.8. The number of ketones is 1. The van der Waals surface area contributed by atoms with Crippen LogP contribution >= 0.6 is 0 Å². The molecule has 0 atom stereocenters. The quantitative estimate of drug-likeness (QED) is 0.750. The van der Waals surface area contributed by atoms with Crippen LogP contribution < -0.4 is 10.5 Å². The third-order valence-electron chi connectivity index (χ3n) is 6.00. The number of nitrogens with zero attached hydrogens (tertiary/aromatic N) is 1. The van der Waals surface area contributed by atoms with Gasteiger partial charge >= 0.3 is 5.63 Å². The van der Waals surface area contributed by atoms with Crippen LogP contribution in [0, 0.1) is 5.41 Å². The molecule has 1 aromatic carbocycles. The molecule has 4 heteroatoms. The van der Waals surface area contributed by atoms with Crippen LogP contribution in [0.4, 0.5) is 5.69 Å². The lowest BCUT2D eigenvalue weighted by Crippen LogP contribution is -2.34. The number of rotatable bonds is 4. The molecular weight excluding hydrogens is 338 g/mol. The molecule has 0 N–H and O–H groups in total. The Kier molecular flexibility index (Phi) is 4.61. The number of hydrogen-bond acceptors (Lipinski definition) is 4. The van der Waals surface area contributed by atoms with E-state index in [1.165, 1.54) is 23.2 Å². The summed E-state index contributed by atoms with van der Waals surface area (Å²) < 4.78 is 5.71. The average molecular weight is 367 g/mol. The Hall–Kier alpha value is -2.10. The maximum atomic E-state index is 12.2. The zero-order chi connectivity index (χ0) is 19.2. The molecule has 2 aromatic rings. The van der Waals surface area contributed by atoms with E-state index in [0.29, 0.717) is 6.42 Å². The van der Waals surface area contributed by atoms with Crippen molar-refractivity contribution in [2.75, 3.05) is 18.0 Å². The third-order valence-corrected chi connectivity index (χ3v) is 6.00. The summed E-state index contributed by atoms with van der Waals surface area (Å²) in [6.45, 7) is 8.09. The van der Waals surface area contributed by atoms with Crippen LogP contribution in [0.3, 0.4) is 0 Å². The molecule has 144 valence electrons. The molecular formula is C23H29NO3. The molecule has 0 amide bonds. The van der Waals surface area contributed by atoms with Crippen molar-refractivity contribution in [3.05, 3.63) is 39.2 Å². The number of Topliss-reactive ketones (excluding diaryl/α,β-unsaturated/α-hetero) is 1. The smallest absolute Gasteiger partial charge is 0.336 e. The largest absolute Gasteiger partial charge is 0.422 e. The van der Waals surface area contributed by atoms with Crippen molar-refractivity contribution in [3.63, 3.8) is 0 Å². The van der Waals surface area contributed by atoms with Gasteiger partial charge in [-0.3, -0.25) is 4.79 Å². The Morgan fingerprint density at radius 1 is 1.15 bits per heavy atom. The number of fused-ring (bicyclic) bond motifs is 2. The SMILES string of the molecule is CC(C)(C)C(=O)CCCc1cc(=O)oc2c3c4c(cc12)CCCN4CCC3. The highest BCUT2D eigenvalue weighted by Crippen LogP contribution is 2.40. The van der Waals surface area contributed by atoms with E-state index in [1.807, 2.05) is 20.8 Å². The van der Waals surface area contributed by atoms with Crippen molar-refractivity contribution in [1.82, 2.24) is 0 Å². The molecule has 2 aliphatic heterocycles. The number of anilines is 1. The molecule has 4 nitrogen and oxygen atoms in total. The van der Waals surface area contributed by atoms with Crippen molar-refractivity contribution >= 4 is 22.4 Å². The van der Waals surface area contributed by atoms with Gasteiger partial charge in [-0.05, 0) is 55.7 Å². The van der Waals surface area contributed by atoms with Gasteiger partial charge in [-0.25, -0.2) is 4.79 Å². The Morgan fingerprint density at radius 2 is 1.89 bits per heavy atom. The summed E-state index contributed by atoms with van der Waals surface area (Å²) in [6, 6.07) is 3.88. The molecule has 27 heavy (non-hydrogen) atoms. The van der Waals surface area contributed by atoms with Crippen LogP contribution in [0.1, 0.15) is 63.1 Å². The molecule has 0 spiro atoms. The highest BCUT2D eigenvalue weighted by atomic mass is 16.4. The monoisotopic (exact) mass is 367 g/mol. The van der Waals surface area contributed by atoms with Crippen molar-refractivity contribution in [2.45, 2.75) is 65.7 Å². The fourth-order valence-corrected chi connectivity index (χ4v) is 4.56. The Labute approximate surface area is 160 Å². The number of benzene rings is 1. The van der Waals surface area contributed by atoms with E-state index in [9.17, 15) is 9.59 Å². The zero-order valence-corrected chi connectivity index (χ0v) is 16.7. The third kappa shape index (κ3) is 3.42. The van der Waals surface area contributed by atoms with Gasteiger partial charge in [0, 0.05) is 47.6 Å². The van der Waals surface area contributed by atoms with Gasteiger partial charge in [0.1, 0.15) is 11.4 Å². The first-order valence-corrected chi connectivity index (χ1v) is 10.2. The molecule has 4 rings (SSSR count). The van der Waals surface area contributed by atoms with Crippen LogP contribution in [0.15, 0.2) is 21.3 Å². The summed E-state index contributed by atoms with van der Waals surface area (Å²) in [5.74, 6) is 0.276. The lowest BCUT2D eigenvalue weighted by Gasteiger charge is -2.37. The van der Waals surface area contributed by atoms with Crippen molar-refractivity contribution in [3.8, 4) is 0 Å². The maximum Gasteiger partial charge on any atom is 0.336 e. The van der Waals surface area contributed by atoms with Gasteiger partial charge in [0.15, 0.2) is 0 Å². The molecule has 3 heterocycles. The average Bonchev–Trinajstić information content (AvgIpc) is 2.62. The van der Waals surface area contributed by atoms with Crippen LogP contribution in [-0.4, -0.2) is 18.9 Å². The molecule has 0 radical (unpaired) electrons. The standard InChI is InChI=1S/C23H29NO3/c1-23(2,3)19(25)10-4-7-15-14-20(26)27-22-17-9-6-12-24-11-5-8-16(21(17)24)13-18(15)22/h13-14H,4-12H2,1-3H3. The van der Waals surface area contributed by atoms with Crippen LogP contribution in [0.5, 0.6) is 0 Å². The van der Waals surface area contributed by atoms with Gasteiger partial charge in [0.05, 0.1) is 0 Å². The summed E-state index contributed by atoms with van der Waals surface area (Å²) in [6.07, 6.45) is 6.43. The van der Waals surface area contributed by atoms with Crippen LogP contribution in [0.2, 0.25) is 0 Å². The highest BCUT2D eigenvalue weighted by molar-refractivity contribution is 5.90. The minimum Gasteiger partial charge on any atom is -0.422 e. The lowest BCUT2D eigenvalue weighted by molar-refractivity contribution is -0.126. The fourth-order valence-electron chi connectivity index (χ4n) is 4.56. The fraction of sp³-hybridized carbons (Fsp3) is 0.565. The van der Waals surface area contributed by atoms with E-state index in [0.717, 1.165) is 61.7 Å². The molecule has 0 unspecified atom stereocenters. The molecule has 1 aromatic heterocycles. The molecule has 0 bridgehead atoms. The number of carbonyl (C=O) groups excluding carboxylic acids is 1. The highest BCUT2D eigenvalue weighted by Gasteiger charge is 2.27. The summed E-state index contributed by atoms with van der Waals surface area (Å²) in [5, 5.41) is 1.08. The second-order valence-corrected chi connectivity index (χ2v) is 9.05. The lowest BCUT2D eigenvalue weighted by atomic mass is 9.86. The zero-order valence-electron chi connectivity index (χ0n) is 16.7. The topological polar surface area (TPSA) is 50.5 Å². The Morgan fingerprint density at radius 3 is 2.63 bits per heavy atom. The van der Waals surface area contributed by atoms with E-state index in [4.69, 9.17) is 4.42 Å². The van der Waals surface area contributed by atoms with E-state index in [2.05, 4.69) is 11.0 Å². The summed E-state index contributed by atoms with van der Waals surface area (Å²) in [7, 11) is 0. The molecule has 0 saturated carbocycles. The van der Waals surface area contributed by atoms with Gasteiger partial charge < -0.3 is 9.32 Å². The number of aryl methyl sites for hydroxylation is 3. The first kappa shape index (κ1) is 18.3. The van der Waals surface area contributed by atoms with Gasteiger partial charge in [-0.1, -0.05) is 20.8 Å². The molecule has 2 aliphatic rings. The second-order valence-electron chi connectivity index (χ2n) is 9.05. The van der Waals surface area contributed by atoms with Gasteiger partial charge in [0.25, 0.3) is 0 Å². The minimum atomic E-state index is -0.301. The van der Waals surface area contributed by atoms with Crippen molar-refractivity contribution < 1.29 is 9.21 Å². The number of carbonyl (C=O) groups is 1. The van der Waals surface area contributed by atoms with E-state index < -0.39 is 0 Å². The van der Waals surface area contributed by atoms with E-state index in [1.54, 1.807) is 6.07 Å². The summed E-state index contributed by atoms with van der Waals surface area (Å²) in [5.41, 5.74) is 5.17. The predicted molar refractivity (Wildman–Crippen MR) is 109 cm³/mol. The molecule has 0 fully saturated rings. The van der Waals surface area contributed by atoms with Gasteiger partial charge in [-0.15, -0.1) is 0 Å². The minimum absolute atomic E-state index is 0.274. The van der Waals surface area contributed by atoms with Crippen molar-refractivity contribution in [2.24, 2.45) is 5.41 Å². The van der Waals surface area contributed by atoms with Gasteiger partial charge in [0.2, 0.25) is 0 Å². The van der Waals surface area contributed by atoms with Crippen LogP contribution in [-0.2, 0) is 24.1 Å². The van der Waals surface area contributed by atoms with Gasteiger partial charge in [-0.2, -0.15) is 0 Å². The van der Waals surface area contributed by atoms with E-state index in [-0.39, 0.29) is 16.8 Å². The molecule has 0 saturated heterocycles. The maximum absolute atomic E-state index is 12.2. The predicted octanol–water partition coefficient (Wildman–Crippen LogP) is 4.43. The van der Waals surface area contributed by atoms with Crippen LogP contribution in [0.25, 0.3) is 11.0 Å². The number of hydrogen-bond donors (Lipinski definition) is 0. The second kappa shape index (κ2) is 6.81. The Bertz CT molecular complexity index is 947. The Balaban J connectivity index is 1.72. The van der Waals surface area contributed by atoms with E-state index >= 15 is 0 Å². The summed E-state index contributed by atoms with van der Waals surface area (Å²) >= 11 is 0. The normalized spacial score (nSPS) is 16.5.